The van der Waals surface area contributed by atoms with Gasteiger partial charge in [-0.25, -0.2) is 4.79 Å². The Kier molecular flexibility index (Phi) is 3.40. The van der Waals surface area contributed by atoms with Crippen molar-refractivity contribution in [2.45, 2.75) is 13.8 Å². The SMILES string of the molecule is CCOC(=O)c1ccc(C(C)=N)cc1. The Balaban J connectivity index is 2.83. The van der Waals surface area contributed by atoms with Crippen LogP contribution in [-0.4, -0.2) is 18.3 Å². The molecule has 0 spiro atoms. The Hall–Kier alpha value is -1.64. The number of rotatable bonds is 3. The van der Waals surface area contributed by atoms with Crippen LogP contribution in [0.2, 0.25) is 0 Å². The number of ether oxygens (including phenoxy) is 1. The van der Waals surface area contributed by atoms with Crippen molar-refractivity contribution in [3.8, 4) is 0 Å². The summed E-state index contributed by atoms with van der Waals surface area (Å²) in [6.45, 7) is 3.86. The second-order valence-corrected chi connectivity index (χ2v) is 2.92. The quantitative estimate of drug-likeness (QED) is 0.588. The van der Waals surface area contributed by atoms with Crippen molar-refractivity contribution < 1.29 is 9.53 Å². The smallest absolute Gasteiger partial charge is 0.338 e. The molecule has 1 aromatic carbocycles. The molecule has 3 heteroatoms. The molecule has 0 atom stereocenters. The van der Waals surface area contributed by atoms with Crippen molar-refractivity contribution in [3.05, 3.63) is 35.4 Å². The number of carbonyl (C=O) groups excluding carboxylic acids is 1. The summed E-state index contributed by atoms with van der Waals surface area (Å²) < 4.78 is 4.84. The van der Waals surface area contributed by atoms with Gasteiger partial charge in [-0.3, -0.25) is 0 Å². The van der Waals surface area contributed by atoms with Gasteiger partial charge in [-0.05, 0) is 31.5 Å². The molecule has 0 unspecified atom stereocenters. The first-order chi connectivity index (χ1) is 6.65. The maximum Gasteiger partial charge on any atom is 0.338 e. The molecule has 1 N–H and O–H groups in total. The molecule has 1 rings (SSSR count). The van der Waals surface area contributed by atoms with E-state index >= 15 is 0 Å². The first-order valence-corrected chi connectivity index (χ1v) is 4.48. The third kappa shape index (κ3) is 2.42. The molecule has 0 aliphatic rings. The van der Waals surface area contributed by atoms with Crippen molar-refractivity contribution in [2.75, 3.05) is 6.61 Å². The van der Waals surface area contributed by atoms with Crippen molar-refractivity contribution in [1.29, 1.82) is 5.41 Å². The van der Waals surface area contributed by atoms with Crippen molar-refractivity contribution >= 4 is 11.7 Å². The molecule has 0 bridgehead atoms. The van der Waals surface area contributed by atoms with Gasteiger partial charge in [-0.2, -0.15) is 0 Å². The van der Waals surface area contributed by atoms with Crippen LogP contribution < -0.4 is 0 Å². The molecule has 1 aromatic rings. The van der Waals surface area contributed by atoms with E-state index < -0.39 is 0 Å². The lowest BCUT2D eigenvalue weighted by atomic mass is 10.1. The summed E-state index contributed by atoms with van der Waals surface area (Å²) in [4.78, 5) is 11.2. The first kappa shape index (κ1) is 10.4. The lowest BCUT2D eigenvalue weighted by molar-refractivity contribution is 0.0526. The number of esters is 1. The van der Waals surface area contributed by atoms with Gasteiger partial charge in [-0.1, -0.05) is 12.1 Å². The zero-order chi connectivity index (χ0) is 10.6. The fourth-order valence-electron chi connectivity index (χ4n) is 1.07. The van der Waals surface area contributed by atoms with Gasteiger partial charge < -0.3 is 10.1 Å². The topological polar surface area (TPSA) is 50.2 Å². The van der Waals surface area contributed by atoms with Crippen LogP contribution in [0.15, 0.2) is 24.3 Å². The van der Waals surface area contributed by atoms with Gasteiger partial charge in [-0.15, -0.1) is 0 Å². The highest BCUT2D eigenvalue weighted by molar-refractivity contribution is 5.97. The van der Waals surface area contributed by atoms with E-state index in [0.717, 1.165) is 5.56 Å². The largest absolute Gasteiger partial charge is 0.462 e. The fraction of sp³-hybridized carbons (Fsp3) is 0.273. The van der Waals surface area contributed by atoms with Crippen LogP contribution in [0.4, 0.5) is 0 Å². The maximum absolute atomic E-state index is 11.2. The van der Waals surface area contributed by atoms with Crippen LogP contribution in [0.1, 0.15) is 29.8 Å². The molecule has 0 amide bonds. The zero-order valence-corrected chi connectivity index (χ0v) is 8.33. The predicted octanol–water partition coefficient (Wildman–Crippen LogP) is 2.25. The van der Waals surface area contributed by atoms with E-state index in [2.05, 4.69) is 0 Å². The average molecular weight is 191 g/mol. The van der Waals surface area contributed by atoms with Gasteiger partial charge in [0.25, 0.3) is 0 Å². The summed E-state index contributed by atoms with van der Waals surface area (Å²) in [6.07, 6.45) is 0. The predicted molar refractivity (Wildman–Crippen MR) is 54.9 cm³/mol. The number of carbonyl (C=O) groups is 1. The van der Waals surface area contributed by atoms with Crippen LogP contribution >= 0.6 is 0 Å². The number of benzene rings is 1. The zero-order valence-electron chi connectivity index (χ0n) is 8.33. The van der Waals surface area contributed by atoms with Crippen LogP contribution in [-0.2, 0) is 4.74 Å². The highest BCUT2D eigenvalue weighted by atomic mass is 16.5. The Morgan fingerprint density at radius 2 is 1.79 bits per heavy atom. The van der Waals surface area contributed by atoms with E-state index in [1.807, 2.05) is 0 Å². The molecule has 14 heavy (non-hydrogen) atoms. The van der Waals surface area contributed by atoms with Gasteiger partial charge in [0.15, 0.2) is 0 Å². The van der Waals surface area contributed by atoms with Crippen LogP contribution in [0.25, 0.3) is 0 Å². The lowest BCUT2D eigenvalue weighted by Crippen LogP contribution is -2.04. The van der Waals surface area contributed by atoms with Crippen molar-refractivity contribution in [3.63, 3.8) is 0 Å². The summed E-state index contributed by atoms with van der Waals surface area (Å²) >= 11 is 0. The van der Waals surface area contributed by atoms with Crippen molar-refractivity contribution in [2.24, 2.45) is 0 Å². The summed E-state index contributed by atoms with van der Waals surface area (Å²) in [5.41, 5.74) is 1.83. The van der Waals surface area contributed by atoms with Crippen LogP contribution in [0, 0.1) is 5.41 Å². The highest BCUT2D eigenvalue weighted by Gasteiger charge is 2.05. The molecule has 0 fully saturated rings. The first-order valence-electron chi connectivity index (χ1n) is 4.48. The minimum Gasteiger partial charge on any atom is -0.462 e. The van der Waals surface area contributed by atoms with Crippen molar-refractivity contribution in [1.82, 2.24) is 0 Å². The molecule has 0 heterocycles. The number of hydrogen-bond donors (Lipinski definition) is 1. The normalized spacial score (nSPS) is 9.57. The Morgan fingerprint density at radius 3 is 2.21 bits per heavy atom. The second-order valence-electron chi connectivity index (χ2n) is 2.92. The Morgan fingerprint density at radius 1 is 1.29 bits per heavy atom. The van der Waals surface area contributed by atoms with E-state index in [1.165, 1.54) is 0 Å². The monoisotopic (exact) mass is 191 g/mol. The van der Waals surface area contributed by atoms with Gasteiger partial charge in [0.2, 0.25) is 0 Å². The third-order valence-electron chi connectivity index (χ3n) is 1.83. The van der Waals surface area contributed by atoms with Gasteiger partial charge in [0, 0.05) is 5.71 Å². The molecule has 0 aliphatic carbocycles. The van der Waals surface area contributed by atoms with E-state index in [0.29, 0.717) is 17.9 Å². The molecule has 0 aromatic heterocycles. The van der Waals surface area contributed by atoms with Gasteiger partial charge in [0.1, 0.15) is 0 Å². The summed E-state index contributed by atoms with van der Waals surface area (Å²) in [5.74, 6) is -0.318. The third-order valence-corrected chi connectivity index (χ3v) is 1.83. The number of nitrogens with one attached hydrogen (secondary N) is 1. The molecule has 3 nitrogen and oxygen atoms in total. The number of hydrogen-bond acceptors (Lipinski definition) is 3. The molecule has 0 saturated heterocycles. The van der Waals surface area contributed by atoms with Gasteiger partial charge >= 0.3 is 5.97 Å². The van der Waals surface area contributed by atoms with Crippen LogP contribution in [0.3, 0.4) is 0 Å². The molecule has 0 aliphatic heterocycles. The summed E-state index contributed by atoms with van der Waals surface area (Å²) in [6, 6.07) is 6.83. The van der Waals surface area contributed by atoms with Crippen LogP contribution in [0.5, 0.6) is 0 Å². The lowest BCUT2D eigenvalue weighted by Gasteiger charge is -2.02. The average Bonchev–Trinajstić information content (AvgIpc) is 2.18. The second kappa shape index (κ2) is 4.56. The van der Waals surface area contributed by atoms with E-state index in [1.54, 1.807) is 38.1 Å². The Bertz CT molecular complexity index is 341. The van der Waals surface area contributed by atoms with E-state index in [4.69, 9.17) is 10.1 Å². The molecule has 0 saturated carbocycles. The molecule has 74 valence electrons. The minimum atomic E-state index is -0.318. The fourth-order valence-corrected chi connectivity index (χ4v) is 1.07. The summed E-state index contributed by atoms with van der Waals surface area (Å²) in [7, 11) is 0. The summed E-state index contributed by atoms with van der Waals surface area (Å²) in [5, 5.41) is 7.38. The molecular weight excluding hydrogens is 178 g/mol. The standard InChI is InChI=1S/C11H13NO2/c1-3-14-11(13)10-6-4-9(5-7-10)8(2)12/h4-7,12H,3H2,1-2H3. The van der Waals surface area contributed by atoms with Gasteiger partial charge in [0.05, 0.1) is 12.2 Å². The molecular formula is C11H13NO2. The van der Waals surface area contributed by atoms with E-state index in [9.17, 15) is 4.79 Å². The van der Waals surface area contributed by atoms with E-state index in [-0.39, 0.29) is 5.97 Å². The minimum absolute atomic E-state index is 0.318. The maximum atomic E-state index is 11.2. The highest BCUT2D eigenvalue weighted by Crippen LogP contribution is 2.06. The Labute approximate surface area is 83.2 Å². The molecule has 0 radical (unpaired) electrons.